The zero-order valence-corrected chi connectivity index (χ0v) is 13.2. The van der Waals surface area contributed by atoms with Crippen molar-refractivity contribution in [2.45, 2.75) is 13.3 Å². The van der Waals surface area contributed by atoms with Crippen molar-refractivity contribution in [1.82, 2.24) is 0 Å². The van der Waals surface area contributed by atoms with Gasteiger partial charge < -0.3 is 15.4 Å². The molecule has 5 heteroatoms. The van der Waals surface area contributed by atoms with Crippen LogP contribution < -0.4 is 15.4 Å². The topological polar surface area (TPSA) is 50.4 Å². The number of hydrogen-bond donors (Lipinski definition) is 2. The van der Waals surface area contributed by atoms with Crippen LogP contribution >= 0.6 is 11.6 Å². The molecule has 0 spiro atoms. The van der Waals surface area contributed by atoms with Crippen LogP contribution in [0.5, 0.6) is 5.75 Å². The molecule has 0 bridgehead atoms. The molecule has 0 unspecified atom stereocenters. The smallest absolute Gasteiger partial charge is 0.226 e. The van der Waals surface area contributed by atoms with Gasteiger partial charge in [-0.15, -0.1) is 0 Å². The highest BCUT2D eigenvalue weighted by molar-refractivity contribution is 6.33. The summed E-state index contributed by atoms with van der Waals surface area (Å²) in [5.41, 5.74) is 1.51. The monoisotopic (exact) mass is 318 g/mol. The highest BCUT2D eigenvalue weighted by Gasteiger charge is 2.06. The Morgan fingerprint density at radius 2 is 1.77 bits per heavy atom. The number of hydrogen-bond acceptors (Lipinski definition) is 3. The number of para-hydroxylation sites is 3. The lowest BCUT2D eigenvalue weighted by Crippen LogP contribution is -2.16. The summed E-state index contributed by atoms with van der Waals surface area (Å²) in [6.45, 7) is 3.06. The molecule has 4 nitrogen and oxygen atoms in total. The van der Waals surface area contributed by atoms with Crippen molar-refractivity contribution in [3.63, 3.8) is 0 Å². The van der Waals surface area contributed by atoms with Gasteiger partial charge in [-0.3, -0.25) is 4.79 Å². The van der Waals surface area contributed by atoms with E-state index >= 15 is 0 Å². The average molecular weight is 319 g/mol. The zero-order valence-electron chi connectivity index (χ0n) is 12.4. The molecule has 0 aromatic heterocycles. The number of carbonyl (C=O) groups excluding carboxylic acids is 1. The van der Waals surface area contributed by atoms with E-state index in [1.54, 1.807) is 12.1 Å². The number of benzene rings is 2. The van der Waals surface area contributed by atoms with Crippen molar-refractivity contribution in [2.24, 2.45) is 0 Å². The molecular weight excluding hydrogens is 300 g/mol. The maximum atomic E-state index is 11.9. The summed E-state index contributed by atoms with van der Waals surface area (Å²) in [6.07, 6.45) is 0.339. The van der Waals surface area contributed by atoms with Gasteiger partial charge in [0.2, 0.25) is 5.91 Å². The molecular formula is C17H19ClN2O2. The van der Waals surface area contributed by atoms with Crippen molar-refractivity contribution in [1.29, 1.82) is 0 Å². The Morgan fingerprint density at radius 3 is 2.50 bits per heavy atom. The highest BCUT2D eigenvalue weighted by Crippen LogP contribution is 2.24. The average Bonchev–Trinajstić information content (AvgIpc) is 2.51. The molecule has 2 aromatic carbocycles. The lowest BCUT2D eigenvalue weighted by Gasteiger charge is -2.12. The zero-order chi connectivity index (χ0) is 15.8. The van der Waals surface area contributed by atoms with Gasteiger partial charge in [0.1, 0.15) is 5.75 Å². The molecule has 0 aliphatic rings. The fourth-order valence-electron chi connectivity index (χ4n) is 1.98. The number of amides is 1. The van der Waals surface area contributed by atoms with E-state index in [0.29, 0.717) is 30.3 Å². The number of ether oxygens (including phenoxy) is 1. The molecule has 2 rings (SSSR count). The van der Waals surface area contributed by atoms with Crippen LogP contribution in [0, 0.1) is 0 Å². The second kappa shape index (κ2) is 8.29. The first-order chi connectivity index (χ1) is 10.7. The molecule has 22 heavy (non-hydrogen) atoms. The van der Waals surface area contributed by atoms with Gasteiger partial charge in [-0.05, 0) is 31.2 Å². The normalized spacial score (nSPS) is 10.1. The lowest BCUT2D eigenvalue weighted by atomic mass is 10.2. The van der Waals surface area contributed by atoms with Crippen LogP contribution in [0.2, 0.25) is 5.02 Å². The van der Waals surface area contributed by atoms with Gasteiger partial charge in [0.05, 0.1) is 23.0 Å². The van der Waals surface area contributed by atoms with E-state index in [0.717, 1.165) is 11.4 Å². The number of anilines is 2. The molecule has 0 saturated carbocycles. The third kappa shape index (κ3) is 4.67. The summed E-state index contributed by atoms with van der Waals surface area (Å²) in [7, 11) is 0. The third-order valence-corrected chi connectivity index (χ3v) is 3.33. The molecule has 0 heterocycles. The third-order valence-electron chi connectivity index (χ3n) is 3.00. The first-order valence-electron chi connectivity index (χ1n) is 7.20. The molecule has 2 aromatic rings. The number of rotatable bonds is 7. The van der Waals surface area contributed by atoms with Gasteiger partial charge >= 0.3 is 0 Å². The van der Waals surface area contributed by atoms with Crippen LogP contribution in [0.4, 0.5) is 11.4 Å². The van der Waals surface area contributed by atoms with Crippen LogP contribution in [0.15, 0.2) is 48.5 Å². The molecule has 116 valence electrons. The fraction of sp³-hybridized carbons (Fsp3) is 0.235. The van der Waals surface area contributed by atoms with Crippen LogP contribution in [0.3, 0.4) is 0 Å². The first-order valence-corrected chi connectivity index (χ1v) is 7.58. The SMILES string of the molecule is CCOc1ccccc1NCCC(=O)Nc1ccccc1Cl. The predicted molar refractivity (Wildman–Crippen MR) is 90.8 cm³/mol. The van der Waals surface area contributed by atoms with Crippen molar-refractivity contribution in [3.05, 3.63) is 53.6 Å². The van der Waals surface area contributed by atoms with Crippen molar-refractivity contribution < 1.29 is 9.53 Å². The Morgan fingerprint density at radius 1 is 1.09 bits per heavy atom. The van der Waals surface area contributed by atoms with E-state index < -0.39 is 0 Å². The Kier molecular flexibility index (Phi) is 6.10. The molecule has 0 radical (unpaired) electrons. The van der Waals surface area contributed by atoms with E-state index in [1.165, 1.54) is 0 Å². The minimum absolute atomic E-state index is 0.0884. The highest BCUT2D eigenvalue weighted by atomic mass is 35.5. The summed E-state index contributed by atoms with van der Waals surface area (Å²) >= 11 is 6.01. The minimum Gasteiger partial charge on any atom is -0.492 e. The second-order valence-electron chi connectivity index (χ2n) is 4.63. The number of nitrogens with one attached hydrogen (secondary N) is 2. The molecule has 0 aliphatic carbocycles. The van der Waals surface area contributed by atoms with E-state index in [9.17, 15) is 4.79 Å². The van der Waals surface area contributed by atoms with Crippen molar-refractivity contribution in [2.75, 3.05) is 23.8 Å². The van der Waals surface area contributed by atoms with Crippen molar-refractivity contribution in [3.8, 4) is 5.75 Å². The Balaban J connectivity index is 1.84. The predicted octanol–water partition coefficient (Wildman–Crippen LogP) is 4.18. The Hall–Kier alpha value is -2.20. The molecule has 2 N–H and O–H groups in total. The summed E-state index contributed by atoms with van der Waals surface area (Å²) in [5.74, 6) is 0.700. The standard InChI is InChI=1S/C17H19ClN2O2/c1-2-22-16-10-6-5-9-15(16)19-12-11-17(21)20-14-8-4-3-7-13(14)18/h3-10,19H,2,11-12H2,1H3,(H,20,21). The maximum absolute atomic E-state index is 11.9. The van der Waals surface area contributed by atoms with E-state index in [2.05, 4.69) is 10.6 Å². The van der Waals surface area contributed by atoms with Gasteiger partial charge in [-0.25, -0.2) is 0 Å². The van der Waals surface area contributed by atoms with Crippen LogP contribution in [-0.2, 0) is 4.79 Å². The Labute approximate surface area is 135 Å². The molecule has 0 aliphatic heterocycles. The maximum Gasteiger partial charge on any atom is 0.226 e. The summed E-state index contributed by atoms with van der Waals surface area (Å²) in [6, 6.07) is 14.8. The molecule has 0 fully saturated rings. The van der Waals surface area contributed by atoms with Crippen LogP contribution in [-0.4, -0.2) is 19.1 Å². The number of halogens is 1. The van der Waals surface area contributed by atoms with Gasteiger partial charge in [-0.2, -0.15) is 0 Å². The first kappa shape index (κ1) is 16.2. The Bertz CT molecular complexity index is 632. The summed E-state index contributed by atoms with van der Waals surface area (Å²) in [4.78, 5) is 11.9. The van der Waals surface area contributed by atoms with Crippen LogP contribution in [0.25, 0.3) is 0 Å². The van der Waals surface area contributed by atoms with Crippen LogP contribution in [0.1, 0.15) is 13.3 Å². The van der Waals surface area contributed by atoms with E-state index in [-0.39, 0.29) is 5.91 Å². The fourth-order valence-corrected chi connectivity index (χ4v) is 2.16. The lowest BCUT2D eigenvalue weighted by molar-refractivity contribution is -0.115. The quantitative estimate of drug-likeness (QED) is 0.805. The molecule has 0 saturated heterocycles. The van der Waals surface area contributed by atoms with Gasteiger partial charge in [0, 0.05) is 13.0 Å². The largest absolute Gasteiger partial charge is 0.492 e. The minimum atomic E-state index is -0.0884. The van der Waals surface area contributed by atoms with Gasteiger partial charge in [0.25, 0.3) is 0 Å². The van der Waals surface area contributed by atoms with Gasteiger partial charge in [0.15, 0.2) is 0 Å². The summed E-state index contributed by atoms with van der Waals surface area (Å²) < 4.78 is 5.53. The summed E-state index contributed by atoms with van der Waals surface area (Å²) in [5, 5.41) is 6.54. The van der Waals surface area contributed by atoms with Crippen molar-refractivity contribution >= 4 is 28.9 Å². The molecule has 1 amide bonds. The number of carbonyl (C=O) groups is 1. The second-order valence-corrected chi connectivity index (χ2v) is 5.04. The van der Waals surface area contributed by atoms with Gasteiger partial charge in [-0.1, -0.05) is 35.9 Å². The van der Waals surface area contributed by atoms with E-state index in [1.807, 2.05) is 43.3 Å². The van der Waals surface area contributed by atoms with E-state index in [4.69, 9.17) is 16.3 Å². The molecule has 0 atom stereocenters.